The fraction of sp³-hybridized carbons (Fsp3) is 0. The summed E-state index contributed by atoms with van der Waals surface area (Å²) < 4.78 is 1.06. The maximum Gasteiger partial charge on any atom is 0.0629 e. The minimum atomic E-state index is 0. The molecule has 0 aliphatic carbocycles. The van der Waals surface area contributed by atoms with Gasteiger partial charge in [0, 0.05) is 43.2 Å². The van der Waals surface area contributed by atoms with Crippen molar-refractivity contribution >= 4 is 27.8 Å². The average Bonchev–Trinajstić information content (AvgIpc) is 3.53. The summed E-state index contributed by atoms with van der Waals surface area (Å²) in [6.07, 6.45) is 7.08. The Morgan fingerprint density at radius 3 is 1.64 bits per heavy atom. The normalized spacial score (nSPS) is 9.87. The van der Waals surface area contributed by atoms with Crippen molar-refractivity contribution < 1.29 is 20.1 Å². The smallest absolute Gasteiger partial charge is 0.0629 e. The van der Waals surface area contributed by atoms with E-state index >= 15 is 0 Å². The Kier molecular flexibility index (Phi) is 12.7. The molecule has 4 nitrogen and oxygen atoms in total. The van der Waals surface area contributed by atoms with Gasteiger partial charge in [-0.3, -0.25) is 4.99 Å². The van der Waals surface area contributed by atoms with E-state index in [-0.39, 0.29) is 20.1 Å². The Morgan fingerprint density at radius 2 is 1.21 bits per heavy atom. The first-order valence-corrected chi connectivity index (χ1v) is 12.7. The van der Waals surface area contributed by atoms with Crippen molar-refractivity contribution in [2.24, 2.45) is 4.99 Å². The Labute approximate surface area is 251 Å². The number of hydrogen-bond donors (Lipinski definition) is 0. The van der Waals surface area contributed by atoms with Gasteiger partial charge in [0.2, 0.25) is 0 Å². The van der Waals surface area contributed by atoms with Gasteiger partial charge in [0.25, 0.3) is 0 Å². The zero-order valence-electron chi connectivity index (χ0n) is 20.9. The Bertz CT molecular complexity index is 1330. The van der Waals surface area contributed by atoms with Crippen LogP contribution in [-0.4, -0.2) is 16.2 Å². The second-order valence-electron chi connectivity index (χ2n) is 7.78. The van der Waals surface area contributed by atoms with Gasteiger partial charge in [-0.05, 0) is 47.8 Å². The standard InChI is InChI=1S/C11H8BrN2.2C11H8N.Ir/c12-9-3-5-10(6-4-9)14-8-11-2-1-7-13-11;2*1-2-6-10(7-3-1)11-8-4-5-9-12-11;/h1-8H;2*1-6,8-9H;/q3*-1;. The number of nitrogens with zero attached hydrogens (tertiary/aromatic N) is 4. The van der Waals surface area contributed by atoms with E-state index < -0.39 is 0 Å². The predicted octanol–water partition coefficient (Wildman–Crippen LogP) is 8.25. The quantitative estimate of drug-likeness (QED) is 0.135. The van der Waals surface area contributed by atoms with Crippen LogP contribution in [0.2, 0.25) is 0 Å². The van der Waals surface area contributed by atoms with Crippen LogP contribution < -0.4 is 4.98 Å². The van der Waals surface area contributed by atoms with Crippen LogP contribution in [0.25, 0.3) is 22.5 Å². The molecule has 0 saturated heterocycles. The molecule has 0 aliphatic heterocycles. The van der Waals surface area contributed by atoms with E-state index in [9.17, 15) is 0 Å². The van der Waals surface area contributed by atoms with Gasteiger partial charge >= 0.3 is 0 Å². The molecule has 3 aromatic heterocycles. The van der Waals surface area contributed by atoms with Gasteiger partial charge in [0.05, 0.1) is 5.69 Å². The van der Waals surface area contributed by atoms with E-state index in [1.807, 2.05) is 121 Å². The fourth-order valence-corrected chi connectivity index (χ4v) is 3.47. The molecule has 39 heavy (non-hydrogen) atoms. The number of aliphatic imine (C=N–C) groups is 1. The van der Waals surface area contributed by atoms with Gasteiger partial charge in [-0.25, -0.2) is 0 Å². The number of benzene rings is 3. The van der Waals surface area contributed by atoms with Crippen molar-refractivity contribution in [1.29, 1.82) is 0 Å². The summed E-state index contributed by atoms with van der Waals surface area (Å²) in [5.41, 5.74) is 5.83. The first-order valence-electron chi connectivity index (χ1n) is 11.9. The second-order valence-corrected chi connectivity index (χ2v) is 8.69. The average molecular weight is 749 g/mol. The third kappa shape index (κ3) is 10.4. The molecule has 6 heteroatoms. The number of halogens is 1. The summed E-state index contributed by atoms with van der Waals surface area (Å²) in [4.78, 5) is 16.8. The summed E-state index contributed by atoms with van der Waals surface area (Å²) in [7, 11) is 0. The van der Waals surface area contributed by atoms with Gasteiger partial charge < -0.3 is 15.0 Å². The third-order valence-electron chi connectivity index (χ3n) is 5.05. The van der Waals surface area contributed by atoms with Crippen LogP contribution in [0.5, 0.6) is 0 Å². The molecule has 3 heterocycles. The van der Waals surface area contributed by atoms with E-state index in [4.69, 9.17) is 0 Å². The monoisotopic (exact) mass is 748 g/mol. The van der Waals surface area contributed by atoms with Gasteiger partial charge in [-0.1, -0.05) is 52.3 Å². The summed E-state index contributed by atoms with van der Waals surface area (Å²) >= 11 is 3.37. The molecule has 195 valence electrons. The zero-order valence-corrected chi connectivity index (χ0v) is 24.8. The van der Waals surface area contributed by atoms with Crippen molar-refractivity contribution in [3.63, 3.8) is 0 Å². The molecule has 0 saturated carbocycles. The molecule has 6 aromatic rings. The number of rotatable bonds is 4. The maximum atomic E-state index is 4.28. The molecule has 0 fully saturated rings. The number of hydrogen-bond acceptors (Lipinski definition) is 3. The Hall–Kier alpha value is -3.96. The third-order valence-corrected chi connectivity index (χ3v) is 5.58. The molecule has 6 rings (SSSR count). The molecule has 0 aliphatic rings. The largest absolute Gasteiger partial charge is 0.663 e. The minimum absolute atomic E-state index is 0. The topological polar surface area (TPSA) is 52.2 Å². The van der Waals surface area contributed by atoms with Crippen LogP contribution in [0.1, 0.15) is 5.69 Å². The molecule has 0 N–H and O–H groups in total. The molecule has 0 amide bonds. The molecule has 1 radical (unpaired) electrons. The van der Waals surface area contributed by atoms with E-state index in [2.05, 4.69) is 48.0 Å². The maximum absolute atomic E-state index is 4.28. The molecule has 3 aromatic carbocycles. The van der Waals surface area contributed by atoms with Crippen LogP contribution in [-0.2, 0) is 20.1 Å². The van der Waals surface area contributed by atoms with Crippen LogP contribution in [0.15, 0.2) is 149 Å². The van der Waals surface area contributed by atoms with Crippen molar-refractivity contribution in [3.8, 4) is 22.5 Å². The first kappa shape index (κ1) is 29.6. The van der Waals surface area contributed by atoms with Crippen LogP contribution in [0.3, 0.4) is 0 Å². The summed E-state index contributed by atoms with van der Waals surface area (Å²) in [5.74, 6) is 0. The summed E-state index contributed by atoms with van der Waals surface area (Å²) in [6.45, 7) is 0. The van der Waals surface area contributed by atoms with Gasteiger partial charge in [-0.15, -0.1) is 77.5 Å². The zero-order chi connectivity index (χ0) is 26.3. The van der Waals surface area contributed by atoms with Crippen molar-refractivity contribution in [1.82, 2.24) is 15.0 Å². The molecule has 0 atom stereocenters. The number of aromatic nitrogens is 3. The van der Waals surface area contributed by atoms with E-state index in [0.717, 1.165) is 38.4 Å². The SMILES string of the molecule is Brc1ccc(N=Cc2ccc[n-]2)cc1.[Ir].[c-]1ccccc1-c1ccccn1.[c-]1ccccc1-c1ccccn1. The van der Waals surface area contributed by atoms with Crippen LogP contribution in [0.4, 0.5) is 5.69 Å². The van der Waals surface area contributed by atoms with Gasteiger partial charge in [-0.2, -0.15) is 6.20 Å². The minimum Gasteiger partial charge on any atom is -0.663 e. The van der Waals surface area contributed by atoms with Crippen LogP contribution >= 0.6 is 15.9 Å². The van der Waals surface area contributed by atoms with Crippen molar-refractivity contribution in [3.05, 3.63) is 162 Å². The van der Waals surface area contributed by atoms with Crippen molar-refractivity contribution in [2.75, 3.05) is 0 Å². The Balaban J connectivity index is 0.000000160. The summed E-state index contributed by atoms with van der Waals surface area (Å²) in [6, 6.07) is 45.3. The van der Waals surface area contributed by atoms with Gasteiger partial charge in [0.1, 0.15) is 0 Å². The predicted molar refractivity (Wildman–Crippen MR) is 158 cm³/mol. The molecular formula is C33H24BrIrN4-3. The van der Waals surface area contributed by atoms with E-state index in [1.165, 1.54) is 0 Å². The Morgan fingerprint density at radius 1 is 0.641 bits per heavy atom. The van der Waals surface area contributed by atoms with Crippen LogP contribution in [0, 0.1) is 12.1 Å². The van der Waals surface area contributed by atoms with E-state index in [0.29, 0.717) is 0 Å². The van der Waals surface area contributed by atoms with Gasteiger partial charge in [0.15, 0.2) is 0 Å². The van der Waals surface area contributed by atoms with Crippen molar-refractivity contribution in [2.45, 2.75) is 0 Å². The second kappa shape index (κ2) is 16.8. The molecule has 0 spiro atoms. The fourth-order valence-electron chi connectivity index (χ4n) is 3.21. The molecule has 0 bridgehead atoms. The first-order chi connectivity index (χ1) is 18.8. The molecule has 0 unspecified atom stereocenters. The molecular weight excluding hydrogens is 725 g/mol. The van der Waals surface area contributed by atoms with E-state index in [1.54, 1.807) is 24.8 Å². The summed E-state index contributed by atoms with van der Waals surface area (Å²) in [5, 5.41) is 0. The number of pyridine rings is 2.